The van der Waals surface area contributed by atoms with E-state index >= 15 is 0 Å². The molecule has 2 fully saturated rings. The summed E-state index contributed by atoms with van der Waals surface area (Å²) in [6.45, 7) is 0. The Kier molecular flexibility index (Phi) is 5.87. The zero-order chi connectivity index (χ0) is 16.1. The molecule has 1 aromatic rings. The van der Waals surface area contributed by atoms with Crippen molar-refractivity contribution in [1.82, 2.24) is 4.90 Å². The van der Waals surface area contributed by atoms with Gasteiger partial charge in [-0.3, -0.25) is 4.79 Å². The number of nitrogens with zero attached hydrogens (tertiary/aromatic N) is 1. The number of carbonyl (C=O) groups excluding carboxylic acids is 1. The van der Waals surface area contributed by atoms with Crippen LogP contribution in [-0.4, -0.2) is 35.8 Å². The first kappa shape index (κ1) is 16.7. The molecule has 0 saturated heterocycles. The van der Waals surface area contributed by atoms with Crippen LogP contribution in [-0.2, 0) is 4.79 Å². The lowest BCUT2D eigenvalue weighted by molar-refractivity contribution is -0.133. The second kappa shape index (κ2) is 8.09. The molecule has 126 valence electrons. The third kappa shape index (κ3) is 4.23. The van der Waals surface area contributed by atoms with Gasteiger partial charge in [-0.25, -0.2) is 0 Å². The van der Waals surface area contributed by atoms with Crippen LogP contribution in [0.5, 0.6) is 5.75 Å². The highest BCUT2D eigenvalue weighted by Crippen LogP contribution is 2.33. The highest BCUT2D eigenvalue weighted by molar-refractivity contribution is 8.00. The molecule has 0 heterocycles. The van der Waals surface area contributed by atoms with E-state index in [0.29, 0.717) is 23.7 Å². The van der Waals surface area contributed by atoms with Crippen LogP contribution in [0.15, 0.2) is 29.2 Å². The Balaban J connectivity index is 1.63. The second-order valence-corrected chi connectivity index (χ2v) is 7.69. The first-order valence-corrected chi connectivity index (χ1v) is 9.84. The monoisotopic (exact) mass is 333 g/mol. The van der Waals surface area contributed by atoms with E-state index in [-0.39, 0.29) is 0 Å². The first-order chi connectivity index (χ1) is 11.3. The van der Waals surface area contributed by atoms with Gasteiger partial charge in [0.1, 0.15) is 5.75 Å². The summed E-state index contributed by atoms with van der Waals surface area (Å²) in [5.41, 5.74) is 0. The molecular weight excluding hydrogens is 306 g/mol. The first-order valence-electron chi connectivity index (χ1n) is 8.86. The Morgan fingerprint density at radius 3 is 2.30 bits per heavy atom. The lowest BCUT2D eigenvalue weighted by atomic mass is 10.1. The predicted octanol–water partition coefficient (Wildman–Crippen LogP) is 4.50. The Hall–Kier alpha value is -1.16. The van der Waals surface area contributed by atoms with Crippen molar-refractivity contribution in [3.05, 3.63) is 24.3 Å². The van der Waals surface area contributed by atoms with E-state index in [1.807, 2.05) is 18.2 Å². The summed E-state index contributed by atoms with van der Waals surface area (Å²) in [4.78, 5) is 16.3. The van der Waals surface area contributed by atoms with Gasteiger partial charge in [0.2, 0.25) is 5.91 Å². The Morgan fingerprint density at radius 2 is 1.74 bits per heavy atom. The van der Waals surface area contributed by atoms with Crippen molar-refractivity contribution < 1.29 is 9.53 Å². The fraction of sp³-hybridized carbons (Fsp3) is 0.632. The molecule has 0 spiro atoms. The van der Waals surface area contributed by atoms with E-state index in [1.54, 1.807) is 18.9 Å². The number of ether oxygens (including phenoxy) is 1. The van der Waals surface area contributed by atoms with Crippen LogP contribution >= 0.6 is 11.8 Å². The van der Waals surface area contributed by atoms with Crippen LogP contribution < -0.4 is 4.74 Å². The third-order valence-electron chi connectivity index (χ3n) is 5.13. The highest BCUT2D eigenvalue weighted by atomic mass is 32.2. The summed E-state index contributed by atoms with van der Waals surface area (Å²) >= 11 is 1.63. The van der Waals surface area contributed by atoms with E-state index in [0.717, 1.165) is 10.6 Å². The quantitative estimate of drug-likeness (QED) is 0.718. The molecule has 3 nitrogen and oxygen atoms in total. The van der Waals surface area contributed by atoms with Crippen LogP contribution in [0.2, 0.25) is 0 Å². The van der Waals surface area contributed by atoms with Crippen LogP contribution in [0.25, 0.3) is 0 Å². The normalized spacial score (nSPS) is 19.2. The van der Waals surface area contributed by atoms with Crippen LogP contribution in [0, 0.1) is 0 Å². The zero-order valence-corrected chi connectivity index (χ0v) is 14.8. The maximum absolute atomic E-state index is 12.9. The molecule has 2 saturated carbocycles. The lowest BCUT2D eigenvalue weighted by Gasteiger charge is -2.34. The standard InChI is InChI=1S/C19H27NO2S/c1-22-17-11-6-12-18(13-17)23-14-19(21)20(15-7-2-3-8-15)16-9-4-5-10-16/h6,11-13,15-16H,2-5,7-10,14H2,1H3. The van der Waals surface area contributed by atoms with Gasteiger partial charge in [-0.2, -0.15) is 0 Å². The Labute approximate surface area is 143 Å². The van der Waals surface area contributed by atoms with Crippen molar-refractivity contribution in [3.8, 4) is 5.75 Å². The average Bonchev–Trinajstić information content (AvgIpc) is 3.28. The van der Waals surface area contributed by atoms with E-state index in [4.69, 9.17) is 4.74 Å². The van der Waals surface area contributed by atoms with Gasteiger partial charge in [0, 0.05) is 17.0 Å². The van der Waals surface area contributed by atoms with Crippen molar-refractivity contribution in [1.29, 1.82) is 0 Å². The van der Waals surface area contributed by atoms with Crippen molar-refractivity contribution in [2.45, 2.75) is 68.3 Å². The number of benzene rings is 1. The summed E-state index contributed by atoms with van der Waals surface area (Å²) < 4.78 is 5.26. The molecule has 0 aliphatic heterocycles. The molecular formula is C19H27NO2S. The number of rotatable bonds is 6. The number of hydrogen-bond donors (Lipinski definition) is 0. The molecule has 0 aromatic heterocycles. The molecule has 0 unspecified atom stereocenters. The maximum atomic E-state index is 12.9. The van der Waals surface area contributed by atoms with Gasteiger partial charge < -0.3 is 9.64 Å². The fourth-order valence-corrected chi connectivity index (χ4v) is 4.79. The molecule has 0 radical (unpaired) electrons. The van der Waals surface area contributed by atoms with Crippen LogP contribution in [0.4, 0.5) is 0 Å². The van der Waals surface area contributed by atoms with Gasteiger partial charge >= 0.3 is 0 Å². The van der Waals surface area contributed by atoms with Gasteiger partial charge in [-0.15, -0.1) is 11.8 Å². The van der Waals surface area contributed by atoms with E-state index < -0.39 is 0 Å². The smallest absolute Gasteiger partial charge is 0.233 e. The van der Waals surface area contributed by atoms with Crippen molar-refractivity contribution in [3.63, 3.8) is 0 Å². The fourth-order valence-electron chi connectivity index (χ4n) is 3.98. The topological polar surface area (TPSA) is 29.5 Å². The predicted molar refractivity (Wildman–Crippen MR) is 95.1 cm³/mol. The molecule has 0 atom stereocenters. The van der Waals surface area contributed by atoms with Gasteiger partial charge in [0.15, 0.2) is 0 Å². The molecule has 0 N–H and O–H groups in total. The largest absolute Gasteiger partial charge is 0.497 e. The number of thioether (sulfide) groups is 1. The summed E-state index contributed by atoms with van der Waals surface area (Å²) in [6.07, 6.45) is 9.93. The van der Waals surface area contributed by atoms with Crippen LogP contribution in [0.3, 0.4) is 0 Å². The molecule has 23 heavy (non-hydrogen) atoms. The number of hydrogen-bond acceptors (Lipinski definition) is 3. The van der Waals surface area contributed by atoms with E-state index in [9.17, 15) is 4.79 Å². The molecule has 3 rings (SSSR count). The van der Waals surface area contributed by atoms with Crippen molar-refractivity contribution >= 4 is 17.7 Å². The molecule has 0 bridgehead atoms. The summed E-state index contributed by atoms with van der Waals surface area (Å²) in [6, 6.07) is 8.98. The minimum Gasteiger partial charge on any atom is -0.497 e. The van der Waals surface area contributed by atoms with Crippen molar-refractivity contribution in [2.24, 2.45) is 0 Å². The highest BCUT2D eigenvalue weighted by Gasteiger charge is 2.33. The van der Waals surface area contributed by atoms with Gasteiger partial charge in [-0.05, 0) is 43.9 Å². The number of amides is 1. The zero-order valence-electron chi connectivity index (χ0n) is 14.0. The SMILES string of the molecule is COc1cccc(SCC(=O)N(C2CCCC2)C2CCCC2)c1. The molecule has 1 aromatic carbocycles. The van der Waals surface area contributed by atoms with Crippen LogP contribution in [0.1, 0.15) is 51.4 Å². The molecule has 1 amide bonds. The summed E-state index contributed by atoms with van der Waals surface area (Å²) in [5.74, 6) is 1.72. The van der Waals surface area contributed by atoms with E-state index in [1.165, 1.54) is 51.4 Å². The molecule has 4 heteroatoms. The lowest BCUT2D eigenvalue weighted by Crippen LogP contribution is -2.46. The van der Waals surface area contributed by atoms with Crippen molar-refractivity contribution in [2.75, 3.05) is 12.9 Å². The minimum atomic E-state index is 0.330. The third-order valence-corrected chi connectivity index (χ3v) is 6.11. The van der Waals surface area contributed by atoms with Gasteiger partial charge in [0.05, 0.1) is 12.9 Å². The van der Waals surface area contributed by atoms with Gasteiger partial charge in [-0.1, -0.05) is 31.7 Å². The molecule has 2 aliphatic carbocycles. The second-order valence-electron chi connectivity index (χ2n) is 6.65. The minimum absolute atomic E-state index is 0.330. The number of methoxy groups -OCH3 is 1. The summed E-state index contributed by atoms with van der Waals surface area (Å²) in [5, 5.41) is 0. The average molecular weight is 333 g/mol. The van der Waals surface area contributed by atoms with Gasteiger partial charge in [0.25, 0.3) is 0 Å². The van der Waals surface area contributed by atoms with E-state index in [2.05, 4.69) is 11.0 Å². The Bertz CT molecular complexity index is 506. The Morgan fingerprint density at radius 1 is 1.13 bits per heavy atom. The summed E-state index contributed by atoms with van der Waals surface area (Å²) in [7, 11) is 1.68. The number of carbonyl (C=O) groups is 1. The maximum Gasteiger partial charge on any atom is 0.233 e. The molecule has 2 aliphatic rings.